The summed E-state index contributed by atoms with van der Waals surface area (Å²) in [5, 5.41) is 78.1. The first kappa shape index (κ1) is 45.5. The number of hydrogen-bond acceptors (Lipinski definition) is 14. The van der Waals surface area contributed by atoms with Gasteiger partial charge in [-0.15, -0.1) is 5.92 Å². The van der Waals surface area contributed by atoms with Crippen molar-refractivity contribution >= 4 is 21.6 Å². The number of rotatable bonds is 13. The second kappa shape index (κ2) is 22.7. The molecule has 1 saturated carbocycles. The highest BCUT2D eigenvalue weighted by Gasteiger charge is 2.37. The van der Waals surface area contributed by atoms with Gasteiger partial charge in [-0.3, -0.25) is 0 Å². The van der Waals surface area contributed by atoms with Crippen molar-refractivity contribution in [2.24, 2.45) is 29.6 Å². The monoisotopic (exact) mass is 833 g/mol. The van der Waals surface area contributed by atoms with Crippen LogP contribution in [-0.4, -0.2) is 106 Å². The topological polar surface area (TPSA) is 191 Å². The maximum atomic E-state index is 11.7. The lowest BCUT2D eigenvalue weighted by molar-refractivity contribution is -0.0808. The lowest BCUT2D eigenvalue weighted by Gasteiger charge is -2.39. The number of methoxy groups -OCH3 is 1. The number of hydrogen-bond donors (Lipinski definition) is 8. The number of aromatic hydroxyl groups is 2. The van der Waals surface area contributed by atoms with Crippen molar-refractivity contribution in [1.82, 2.24) is 5.32 Å². The summed E-state index contributed by atoms with van der Waals surface area (Å²) in [4.78, 5) is 0. The van der Waals surface area contributed by atoms with Gasteiger partial charge in [0.05, 0.1) is 31.5 Å². The van der Waals surface area contributed by atoms with Crippen LogP contribution < -0.4 is 19.5 Å². The maximum absolute atomic E-state index is 11.7. The molecule has 1 aliphatic carbocycles. The molecule has 5 rings (SSSR count). The molecule has 57 heavy (non-hydrogen) atoms. The van der Waals surface area contributed by atoms with Crippen molar-refractivity contribution in [2.75, 3.05) is 46.1 Å². The largest absolute Gasteiger partial charge is 0.504 e. The number of phenols is 2. The summed E-state index contributed by atoms with van der Waals surface area (Å²) in [6.07, 6.45) is 3.53. The van der Waals surface area contributed by atoms with E-state index < -0.39 is 37.8 Å². The highest BCUT2D eigenvalue weighted by atomic mass is 33.1. The molecule has 14 heteroatoms. The molecule has 8 N–H and O–H groups in total. The van der Waals surface area contributed by atoms with Crippen LogP contribution in [-0.2, 0) is 17.6 Å². The Bertz CT molecular complexity index is 1620. The van der Waals surface area contributed by atoms with Gasteiger partial charge in [0.2, 0.25) is 5.75 Å². The third-order valence-corrected chi connectivity index (χ3v) is 14.4. The van der Waals surface area contributed by atoms with Crippen LogP contribution in [0.25, 0.3) is 0 Å². The Labute approximate surface area is 345 Å². The fraction of sp³-hybridized carbons (Fsp3) is 0.674. The second-order valence-corrected chi connectivity index (χ2v) is 18.6. The van der Waals surface area contributed by atoms with Crippen molar-refractivity contribution in [1.29, 1.82) is 0 Å². The normalized spacial score (nSPS) is 28.8. The number of ether oxygens (including phenoxy) is 4. The molecule has 1 fully saturated rings. The molecule has 0 spiro atoms. The maximum Gasteiger partial charge on any atom is 0.200 e. The number of benzene rings is 2. The Morgan fingerprint density at radius 2 is 1.74 bits per heavy atom. The molecule has 2 heterocycles. The summed E-state index contributed by atoms with van der Waals surface area (Å²) in [5.41, 5.74) is 2.37. The van der Waals surface area contributed by atoms with Gasteiger partial charge in [0.15, 0.2) is 29.8 Å². The minimum atomic E-state index is -1.05. The van der Waals surface area contributed by atoms with E-state index in [2.05, 4.69) is 31.0 Å². The molecule has 2 aromatic carbocycles. The van der Waals surface area contributed by atoms with E-state index in [1.165, 1.54) is 28.7 Å². The van der Waals surface area contributed by atoms with Gasteiger partial charge in [0, 0.05) is 42.4 Å². The molecule has 9 atom stereocenters. The van der Waals surface area contributed by atoms with Gasteiger partial charge in [-0.05, 0) is 123 Å². The van der Waals surface area contributed by atoms with E-state index in [0.717, 1.165) is 56.3 Å². The number of fused-ring (bicyclic) bond motifs is 2. The lowest BCUT2D eigenvalue weighted by atomic mass is 9.69. The summed E-state index contributed by atoms with van der Waals surface area (Å²) < 4.78 is 23.0. The van der Waals surface area contributed by atoms with Crippen LogP contribution >= 0.6 is 21.6 Å². The van der Waals surface area contributed by atoms with Crippen LogP contribution in [0, 0.1) is 41.4 Å². The van der Waals surface area contributed by atoms with Crippen molar-refractivity contribution in [2.45, 2.75) is 108 Å². The average Bonchev–Trinajstić information content (AvgIpc) is 3.27. The van der Waals surface area contributed by atoms with E-state index >= 15 is 0 Å². The van der Waals surface area contributed by atoms with Gasteiger partial charge in [-0.2, -0.15) is 0 Å². The molecule has 0 bridgehead atoms. The molecular formula is C43H63NO11S2. The molecule has 0 saturated heterocycles. The minimum absolute atomic E-state index is 0.00738. The predicted molar refractivity (Wildman–Crippen MR) is 223 cm³/mol. The average molecular weight is 834 g/mol. The Morgan fingerprint density at radius 1 is 0.930 bits per heavy atom. The highest BCUT2D eigenvalue weighted by Crippen LogP contribution is 2.47. The molecule has 3 aliphatic rings. The molecule has 2 aromatic rings. The van der Waals surface area contributed by atoms with Crippen LogP contribution in [0.1, 0.15) is 87.2 Å². The van der Waals surface area contributed by atoms with Crippen molar-refractivity contribution < 1.29 is 54.7 Å². The zero-order valence-corrected chi connectivity index (χ0v) is 35.1. The summed E-state index contributed by atoms with van der Waals surface area (Å²) in [6.45, 7) is 5.07. The molecular weight excluding hydrogens is 771 g/mol. The molecule has 12 nitrogen and oxygen atoms in total. The smallest absolute Gasteiger partial charge is 0.200 e. The van der Waals surface area contributed by atoms with Crippen molar-refractivity contribution in [3.05, 3.63) is 41.0 Å². The van der Waals surface area contributed by atoms with E-state index in [9.17, 15) is 35.7 Å². The lowest BCUT2D eigenvalue weighted by Crippen LogP contribution is -2.40. The fourth-order valence-electron chi connectivity index (χ4n) is 8.70. The third kappa shape index (κ3) is 12.7. The summed E-state index contributed by atoms with van der Waals surface area (Å²) in [5.74, 6) is 8.62. The van der Waals surface area contributed by atoms with E-state index in [0.29, 0.717) is 54.2 Å². The SMILES string of the molecule is COc1cc(CC2C(O)CSSC(CCO)c3cc(O)c(OC4CCC5CNCCC#CC(CC(C)C)C5C4)cc3CCC(OCO)CC2O)cc(OCO)c1O. The van der Waals surface area contributed by atoms with Gasteiger partial charge in [0.1, 0.15) is 6.79 Å². The zero-order valence-electron chi connectivity index (χ0n) is 33.5. The van der Waals surface area contributed by atoms with Gasteiger partial charge in [-0.25, -0.2) is 0 Å². The predicted octanol–water partition coefficient (Wildman–Crippen LogP) is 5.31. The Hall–Kier alpha value is -2.58. The van der Waals surface area contributed by atoms with Gasteiger partial charge >= 0.3 is 0 Å². The van der Waals surface area contributed by atoms with Gasteiger partial charge < -0.3 is 60.0 Å². The fourth-order valence-corrected chi connectivity index (χ4v) is 11.6. The molecule has 0 radical (unpaired) electrons. The first-order valence-electron chi connectivity index (χ1n) is 20.4. The second-order valence-electron chi connectivity index (χ2n) is 16.0. The molecule has 9 unspecified atom stereocenters. The number of aliphatic hydroxyl groups is 5. The van der Waals surface area contributed by atoms with Crippen LogP contribution in [0.2, 0.25) is 0 Å². The molecule has 318 valence electrons. The third-order valence-electron chi connectivity index (χ3n) is 11.6. The molecule has 0 aromatic heterocycles. The number of phenolic OH excluding ortho intramolecular Hbond substituents is 2. The van der Waals surface area contributed by atoms with Crippen molar-refractivity contribution in [3.63, 3.8) is 0 Å². The Balaban J connectivity index is 1.40. The first-order valence-corrected chi connectivity index (χ1v) is 22.8. The van der Waals surface area contributed by atoms with Crippen LogP contribution in [0.4, 0.5) is 0 Å². The minimum Gasteiger partial charge on any atom is -0.504 e. The number of aryl methyl sites for hydroxylation is 1. The Morgan fingerprint density at radius 3 is 2.47 bits per heavy atom. The highest BCUT2D eigenvalue weighted by molar-refractivity contribution is 8.76. The zero-order chi connectivity index (χ0) is 40.9. The van der Waals surface area contributed by atoms with Gasteiger partial charge in [0.25, 0.3) is 0 Å². The number of aliphatic hydroxyl groups excluding tert-OH is 5. The standard InChI is InChI=1S/C43H63NO11S2/c1-26(2)14-28-6-4-5-12-44-22-30-8-10-32(19-33(28)30)55-39-18-29-7-9-31(53-24-46)20-36(48)35(15-27-16-40(52-3)43(51)41(17-27)54-25-47)38(50)23-56-57-42(11-13-45)34(29)21-37(39)49/h16-18,21,26,28,30-33,35-36,38,42,44-51H,5,7-15,19-20,22-25H2,1-3H3. The van der Waals surface area contributed by atoms with E-state index in [1.807, 2.05) is 6.07 Å². The van der Waals surface area contributed by atoms with Crippen LogP contribution in [0.15, 0.2) is 24.3 Å². The quantitative estimate of drug-likeness (QED) is 0.0736. The number of nitrogens with one attached hydrogen (secondary N) is 1. The Kier molecular flexibility index (Phi) is 18.1. The van der Waals surface area contributed by atoms with E-state index in [-0.39, 0.29) is 59.6 Å². The van der Waals surface area contributed by atoms with Crippen LogP contribution in [0.3, 0.4) is 0 Å². The summed E-state index contributed by atoms with van der Waals surface area (Å²) in [6, 6.07) is 6.81. The van der Waals surface area contributed by atoms with Gasteiger partial charge in [-0.1, -0.05) is 41.4 Å². The molecule has 0 amide bonds. The van der Waals surface area contributed by atoms with Crippen LogP contribution in [0.5, 0.6) is 28.7 Å². The van der Waals surface area contributed by atoms with E-state index in [4.69, 9.17) is 18.9 Å². The summed E-state index contributed by atoms with van der Waals surface area (Å²) >= 11 is 0. The first-order chi connectivity index (χ1) is 27.5. The summed E-state index contributed by atoms with van der Waals surface area (Å²) in [7, 11) is 4.31. The molecule has 2 aliphatic heterocycles. The van der Waals surface area contributed by atoms with E-state index in [1.54, 1.807) is 18.2 Å². The van der Waals surface area contributed by atoms with Crippen molar-refractivity contribution in [3.8, 4) is 40.6 Å².